The molecule has 4 aromatic carbocycles. The standard InChI is InChI=1S/C16H16.2C7H6O2/c1-13-3-7-15(8-4-13)11-12-16-9-5-14(2)6-10-16;2*8-7(9)6-4-2-1-3-5-6/h3-12H,1-2H3;2*1-5H,(H,8,9). The maximum atomic E-state index is 10.2. The van der Waals surface area contributed by atoms with Crippen LogP contribution in [0.2, 0.25) is 0 Å². The Bertz CT molecular complexity index is 1080. The van der Waals surface area contributed by atoms with Crippen molar-refractivity contribution in [2.75, 3.05) is 0 Å². The Morgan fingerprint density at radius 3 is 1.03 bits per heavy atom. The van der Waals surface area contributed by atoms with Gasteiger partial charge in [0.15, 0.2) is 0 Å². The highest BCUT2D eigenvalue weighted by Crippen LogP contribution is 2.10. The molecule has 0 spiro atoms. The number of aromatic carboxylic acids is 2. The Morgan fingerprint density at radius 1 is 0.500 bits per heavy atom. The molecule has 0 amide bonds. The van der Waals surface area contributed by atoms with Crippen LogP contribution in [0, 0.1) is 13.8 Å². The van der Waals surface area contributed by atoms with E-state index in [2.05, 4.69) is 74.5 Å². The van der Waals surface area contributed by atoms with Crippen molar-refractivity contribution in [2.45, 2.75) is 13.8 Å². The number of hydrogen-bond donors (Lipinski definition) is 2. The number of rotatable bonds is 4. The fraction of sp³-hybridized carbons (Fsp3) is 0.0667. The molecule has 0 atom stereocenters. The van der Waals surface area contributed by atoms with Gasteiger partial charge in [0.1, 0.15) is 0 Å². The van der Waals surface area contributed by atoms with Crippen LogP contribution in [0.15, 0.2) is 109 Å². The molecule has 0 saturated carbocycles. The topological polar surface area (TPSA) is 74.6 Å². The molecule has 0 aliphatic heterocycles. The Labute approximate surface area is 200 Å². The Morgan fingerprint density at radius 2 is 0.794 bits per heavy atom. The van der Waals surface area contributed by atoms with Gasteiger partial charge in [0.05, 0.1) is 11.1 Å². The van der Waals surface area contributed by atoms with Gasteiger partial charge in [0.25, 0.3) is 0 Å². The number of carbonyl (C=O) groups is 2. The van der Waals surface area contributed by atoms with Gasteiger partial charge in [-0.15, -0.1) is 0 Å². The molecule has 34 heavy (non-hydrogen) atoms. The van der Waals surface area contributed by atoms with Gasteiger partial charge in [0, 0.05) is 0 Å². The zero-order valence-corrected chi connectivity index (χ0v) is 19.3. The van der Waals surface area contributed by atoms with E-state index in [1.807, 2.05) is 0 Å². The summed E-state index contributed by atoms with van der Waals surface area (Å²) in [4.78, 5) is 20.4. The molecule has 0 aromatic heterocycles. The van der Waals surface area contributed by atoms with Crippen LogP contribution in [0.25, 0.3) is 12.2 Å². The summed E-state index contributed by atoms with van der Waals surface area (Å²) >= 11 is 0. The van der Waals surface area contributed by atoms with Gasteiger partial charge in [0.2, 0.25) is 0 Å². The van der Waals surface area contributed by atoms with Gasteiger partial charge in [-0.25, -0.2) is 9.59 Å². The first-order chi connectivity index (χ1) is 16.3. The minimum Gasteiger partial charge on any atom is -0.478 e. The SMILES string of the molecule is Cc1ccc(C=Cc2ccc(C)cc2)cc1.O=C(O)c1ccccc1.O=C(O)c1ccccc1. The molecule has 0 aliphatic carbocycles. The van der Waals surface area contributed by atoms with E-state index < -0.39 is 11.9 Å². The highest BCUT2D eigenvalue weighted by atomic mass is 16.4. The number of carboxylic acid groups (broad SMARTS) is 2. The smallest absolute Gasteiger partial charge is 0.335 e. The van der Waals surface area contributed by atoms with E-state index in [4.69, 9.17) is 10.2 Å². The van der Waals surface area contributed by atoms with Crippen molar-refractivity contribution in [2.24, 2.45) is 0 Å². The molecular formula is C30H28O4. The molecule has 0 radical (unpaired) electrons. The normalized spacial score (nSPS) is 9.82. The summed E-state index contributed by atoms with van der Waals surface area (Å²) in [5, 5.41) is 16.8. The highest BCUT2D eigenvalue weighted by molar-refractivity contribution is 5.87. The third kappa shape index (κ3) is 9.79. The van der Waals surface area contributed by atoms with Gasteiger partial charge in [-0.2, -0.15) is 0 Å². The van der Waals surface area contributed by atoms with Gasteiger partial charge in [-0.1, -0.05) is 108 Å². The van der Waals surface area contributed by atoms with Gasteiger partial charge in [-0.3, -0.25) is 0 Å². The molecule has 0 unspecified atom stereocenters. The number of benzene rings is 4. The average Bonchev–Trinajstić information content (AvgIpc) is 2.86. The zero-order chi connectivity index (χ0) is 24.8. The second-order valence-electron chi connectivity index (χ2n) is 7.50. The number of aryl methyl sites for hydroxylation is 2. The third-order valence-electron chi connectivity index (χ3n) is 4.66. The molecule has 4 aromatic rings. The summed E-state index contributed by atoms with van der Waals surface area (Å²) in [6, 6.07) is 33.7. The minimum absolute atomic E-state index is 0.331. The van der Waals surface area contributed by atoms with E-state index in [1.54, 1.807) is 60.7 Å². The van der Waals surface area contributed by atoms with Crippen LogP contribution < -0.4 is 0 Å². The van der Waals surface area contributed by atoms with Crippen LogP contribution in [-0.2, 0) is 0 Å². The predicted octanol–water partition coefficient (Wildman–Crippen LogP) is 7.24. The Balaban J connectivity index is 0.000000194. The Kier molecular flexibility index (Phi) is 10.5. The monoisotopic (exact) mass is 452 g/mol. The van der Waals surface area contributed by atoms with Crippen molar-refractivity contribution in [1.29, 1.82) is 0 Å². The zero-order valence-electron chi connectivity index (χ0n) is 19.3. The molecule has 0 bridgehead atoms. The molecule has 4 heteroatoms. The van der Waals surface area contributed by atoms with E-state index in [1.165, 1.54) is 22.3 Å². The first-order valence-corrected chi connectivity index (χ1v) is 10.7. The lowest BCUT2D eigenvalue weighted by atomic mass is 10.1. The maximum absolute atomic E-state index is 10.2. The summed E-state index contributed by atoms with van der Waals surface area (Å²) in [5.74, 6) is -1.76. The molecule has 0 saturated heterocycles. The van der Waals surface area contributed by atoms with Gasteiger partial charge in [-0.05, 0) is 49.2 Å². The van der Waals surface area contributed by atoms with Crippen LogP contribution in [0.3, 0.4) is 0 Å². The summed E-state index contributed by atoms with van der Waals surface area (Å²) in [7, 11) is 0. The average molecular weight is 453 g/mol. The fourth-order valence-corrected chi connectivity index (χ4v) is 2.71. The maximum Gasteiger partial charge on any atom is 0.335 e. The molecule has 4 rings (SSSR count). The second kappa shape index (κ2) is 13.9. The van der Waals surface area contributed by atoms with E-state index in [9.17, 15) is 9.59 Å². The minimum atomic E-state index is -0.879. The van der Waals surface area contributed by atoms with Crippen molar-refractivity contribution >= 4 is 24.1 Å². The summed E-state index contributed by atoms with van der Waals surface area (Å²) in [6.45, 7) is 4.21. The van der Waals surface area contributed by atoms with E-state index >= 15 is 0 Å². The van der Waals surface area contributed by atoms with Crippen molar-refractivity contribution < 1.29 is 19.8 Å². The lowest BCUT2D eigenvalue weighted by Crippen LogP contribution is -1.93. The molecule has 0 heterocycles. The summed E-state index contributed by atoms with van der Waals surface area (Å²) < 4.78 is 0. The first kappa shape index (κ1) is 25.8. The first-order valence-electron chi connectivity index (χ1n) is 10.7. The molecular weight excluding hydrogens is 424 g/mol. The second-order valence-corrected chi connectivity index (χ2v) is 7.50. The molecule has 4 nitrogen and oxygen atoms in total. The third-order valence-corrected chi connectivity index (χ3v) is 4.66. The van der Waals surface area contributed by atoms with E-state index in [-0.39, 0.29) is 0 Å². The summed E-state index contributed by atoms with van der Waals surface area (Å²) in [6.07, 6.45) is 4.29. The van der Waals surface area contributed by atoms with Crippen LogP contribution in [-0.4, -0.2) is 22.2 Å². The molecule has 0 aliphatic rings. The lowest BCUT2D eigenvalue weighted by Gasteiger charge is -1.96. The number of hydrogen-bond acceptors (Lipinski definition) is 2. The van der Waals surface area contributed by atoms with Crippen molar-refractivity contribution in [3.05, 3.63) is 143 Å². The Hall–Kier alpha value is -4.44. The van der Waals surface area contributed by atoms with Crippen LogP contribution in [0.4, 0.5) is 0 Å². The van der Waals surface area contributed by atoms with Gasteiger partial charge >= 0.3 is 11.9 Å². The van der Waals surface area contributed by atoms with Crippen LogP contribution in [0.1, 0.15) is 43.0 Å². The van der Waals surface area contributed by atoms with E-state index in [0.29, 0.717) is 11.1 Å². The van der Waals surface area contributed by atoms with Crippen molar-refractivity contribution in [1.82, 2.24) is 0 Å². The van der Waals surface area contributed by atoms with Crippen LogP contribution >= 0.6 is 0 Å². The lowest BCUT2D eigenvalue weighted by molar-refractivity contribution is 0.0686. The van der Waals surface area contributed by atoms with Crippen molar-refractivity contribution in [3.8, 4) is 0 Å². The predicted molar refractivity (Wildman–Crippen MR) is 138 cm³/mol. The molecule has 172 valence electrons. The quantitative estimate of drug-likeness (QED) is 0.320. The van der Waals surface area contributed by atoms with Crippen LogP contribution in [0.5, 0.6) is 0 Å². The fourth-order valence-electron chi connectivity index (χ4n) is 2.71. The van der Waals surface area contributed by atoms with Gasteiger partial charge < -0.3 is 10.2 Å². The molecule has 0 fully saturated rings. The molecule has 2 N–H and O–H groups in total. The summed E-state index contributed by atoms with van der Waals surface area (Å²) in [5.41, 5.74) is 5.74. The van der Waals surface area contributed by atoms with Crippen molar-refractivity contribution in [3.63, 3.8) is 0 Å². The highest BCUT2D eigenvalue weighted by Gasteiger charge is 1.97. The number of carboxylic acids is 2. The van der Waals surface area contributed by atoms with E-state index in [0.717, 1.165) is 0 Å². The largest absolute Gasteiger partial charge is 0.478 e.